The quantitative estimate of drug-likeness (QED) is 0.438. The van der Waals surface area contributed by atoms with Crippen molar-refractivity contribution in [3.63, 3.8) is 0 Å². The largest absolute Gasteiger partial charge is 0.486 e. The van der Waals surface area contributed by atoms with Crippen LogP contribution in [0.2, 0.25) is 0 Å². The van der Waals surface area contributed by atoms with Crippen molar-refractivity contribution < 1.29 is 24.4 Å². The molecule has 5 aliphatic rings. The van der Waals surface area contributed by atoms with Gasteiger partial charge in [0.15, 0.2) is 18.0 Å². The number of nitrogens with one attached hydrogen (secondary N) is 1. The molecule has 7 rings (SSSR count). The summed E-state index contributed by atoms with van der Waals surface area (Å²) in [5, 5.41) is 26.8. The van der Waals surface area contributed by atoms with E-state index in [2.05, 4.69) is 49.2 Å². The Labute approximate surface area is 225 Å². The van der Waals surface area contributed by atoms with Gasteiger partial charge in [-0.2, -0.15) is 0 Å². The molecule has 3 heterocycles. The van der Waals surface area contributed by atoms with Crippen LogP contribution in [-0.4, -0.2) is 50.5 Å². The highest BCUT2D eigenvalue weighted by Crippen LogP contribution is 2.70. The molecule has 0 radical (unpaired) electrons. The van der Waals surface area contributed by atoms with Crippen LogP contribution in [0.1, 0.15) is 78.5 Å². The van der Waals surface area contributed by atoms with Gasteiger partial charge in [0, 0.05) is 33.8 Å². The van der Waals surface area contributed by atoms with E-state index in [9.17, 15) is 10.2 Å². The van der Waals surface area contributed by atoms with Crippen LogP contribution in [0.25, 0.3) is 10.9 Å². The maximum absolute atomic E-state index is 12.9. The van der Waals surface area contributed by atoms with Crippen LogP contribution in [0.4, 0.5) is 0 Å². The number of aromatic amines is 1. The number of H-pyrrole nitrogens is 1. The lowest BCUT2D eigenvalue weighted by molar-refractivity contribution is -0.349. The highest BCUT2D eigenvalue weighted by Gasteiger charge is 2.76. The van der Waals surface area contributed by atoms with E-state index in [1.807, 2.05) is 33.8 Å². The van der Waals surface area contributed by atoms with Gasteiger partial charge in [-0.3, -0.25) is 0 Å². The summed E-state index contributed by atoms with van der Waals surface area (Å²) in [5.74, 6) is 0.881. The van der Waals surface area contributed by atoms with Crippen molar-refractivity contribution in [1.29, 1.82) is 0 Å². The summed E-state index contributed by atoms with van der Waals surface area (Å²) in [4.78, 5) is 3.76. The zero-order valence-electron chi connectivity index (χ0n) is 23.4. The van der Waals surface area contributed by atoms with E-state index in [4.69, 9.17) is 14.2 Å². The molecule has 0 spiro atoms. The first kappa shape index (κ1) is 24.9. The number of fused-ring (bicyclic) bond motifs is 10. The van der Waals surface area contributed by atoms with Crippen LogP contribution in [0.3, 0.4) is 0 Å². The van der Waals surface area contributed by atoms with Gasteiger partial charge in [-0.1, -0.05) is 37.6 Å². The third-order valence-corrected chi connectivity index (χ3v) is 11.3. The van der Waals surface area contributed by atoms with Crippen molar-refractivity contribution >= 4 is 10.9 Å². The third kappa shape index (κ3) is 2.82. The first-order valence-electron chi connectivity index (χ1n) is 14.2. The van der Waals surface area contributed by atoms with Crippen molar-refractivity contribution in [2.24, 2.45) is 11.3 Å². The molecule has 6 nitrogen and oxygen atoms in total. The average molecular weight is 520 g/mol. The van der Waals surface area contributed by atoms with Gasteiger partial charge in [0.25, 0.3) is 0 Å². The fourth-order valence-corrected chi connectivity index (χ4v) is 9.08. The Morgan fingerprint density at radius 2 is 1.87 bits per heavy atom. The number of ether oxygens (including phenoxy) is 3. The van der Waals surface area contributed by atoms with E-state index < -0.39 is 34.6 Å². The van der Waals surface area contributed by atoms with Crippen molar-refractivity contribution in [2.75, 3.05) is 0 Å². The molecule has 0 bridgehead atoms. The van der Waals surface area contributed by atoms with E-state index in [1.165, 1.54) is 16.6 Å². The number of allylic oxidation sites excluding steroid dienone is 2. The van der Waals surface area contributed by atoms with Gasteiger partial charge in [0.1, 0.15) is 23.1 Å². The average Bonchev–Trinajstić information content (AvgIpc) is 3.34. The molecule has 0 amide bonds. The molecule has 3 aliphatic carbocycles. The Kier molecular flexibility index (Phi) is 4.94. The van der Waals surface area contributed by atoms with Gasteiger partial charge >= 0.3 is 0 Å². The molecule has 1 aromatic carbocycles. The second kappa shape index (κ2) is 7.54. The molecule has 3 N–H and O–H groups in total. The Bertz CT molecular complexity index is 1390. The second-order valence-corrected chi connectivity index (χ2v) is 13.7. The van der Waals surface area contributed by atoms with E-state index in [0.29, 0.717) is 24.5 Å². The number of aromatic nitrogens is 1. The summed E-state index contributed by atoms with van der Waals surface area (Å²) >= 11 is 0. The maximum atomic E-state index is 12.9. The molecular formula is C32H41NO5. The van der Waals surface area contributed by atoms with Crippen LogP contribution >= 0.6 is 0 Å². The number of para-hydroxylation sites is 1. The van der Waals surface area contributed by atoms with Crippen LogP contribution in [-0.2, 0) is 26.0 Å². The van der Waals surface area contributed by atoms with Crippen LogP contribution in [0, 0.1) is 11.3 Å². The third-order valence-electron chi connectivity index (χ3n) is 11.3. The Balaban J connectivity index is 1.34. The highest BCUT2D eigenvalue weighted by atomic mass is 16.7. The van der Waals surface area contributed by atoms with Gasteiger partial charge in [-0.05, 0) is 83.1 Å². The SMILES string of the molecule is CC(C)=CC1O[C@H]2C[C@@]3(O)C(=CC[C@@]4(C)[C@@]3(O)CC[C@H]3Cc5c([nH]c6ccccc56)[C@@]34C)O[C@@H]2C(C)(C)O1. The Morgan fingerprint density at radius 1 is 1.11 bits per heavy atom. The molecule has 1 saturated carbocycles. The molecule has 1 unspecified atom stereocenters. The number of hydrogen-bond acceptors (Lipinski definition) is 5. The molecule has 8 atom stereocenters. The first-order valence-corrected chi connectivity index (χ1v) is 14.2. The standard InChI is InChI=1S/C32H41NO5/c1-18(2)15-25-36-23-17-31(34)24(37-27(23)28(3,4)38-25)12-13-29(5)30(6)19(11-14-32(29,31)35)16-21-20-9-7-8-10-22(20)33-26(21)30/h7-10,12,15,19,23,25,27,33-35H,11,13-14,16-17H2,1-6H3/t19-,23-,25?,27-,29+,30+,31+,32-/m0/s1. The van der Waals surface area contributed by atoms with E-state index >= 15 is 0 Å². The fourth-order valence-electron chi connectivity index (χ4n) is 9.08. The lowest BCUT2D eigenvalue weighted by atomic mass is 9.41. The number of benzene rings is 1. The van der Waals surface area contributed by atoms with Gasteiger partial charge in [0.05, 0.1) is 0 Å². The van der Waals surface area contributed by atoms with Crippen molar-refractivity contribution in [3.05, 3.63) is 59.0 Å². The highest BCUT2D eigenvalue weighted by molar-refractivity contribution is 5.86. The first-order chi connectivity index (χ1) is 17.8. The van der Waals surface area contributed by atoms with Gasteiger partial charge in [-0.15, -0.1) is 0 Å². The summed E-state index contributed by atoms with van der Waals surface area (Å²) in [6.07, 6.45) is 5.99. The molecule has 2 saturated heterocycles. The molecular weight excluding hydrogens is 478 g/mol. The number of aliphatic hydroxyl groups is 2. The molecule has 6 heteroatoms. The minimum atomic E-state index is -1.55. The topological polar surface area (TPSA) is 83.9 Å². The van der Waals surface area contributed by atoms with Crippen molar-refractivity contribution in [3.8, 4) is 0 Å². The minimum Gasteiger partial charge on any atom is -0.486 e. The zero-order chi connectivity index (χ0) is 26.9. The molecule has 2 aromatic rings. The number of rotatable bonds is 1. The molecule has 204 valence electrons. The minimum absolute atomic E-state index is 0.274. The van der Waals surface area contributed by atoms with Crippen LogP contribution in [0.5, 0.6) is 0 Å². The van der Waals surface area contributed by atoms with E-state index in [1.54, 1.807) is 0 Å². The summed E-state index contributed by atoms with van der Waals surface area (Å²) in [5.41, 5.74) is 0.375. The Hall–Kier alpha value is -2.12. The Morgan fingerprint density at radius 3 is 2.63 bits per heavy atom. The lowest BCUT2D eigenvalue weighted by Gasteiger charge is -2.68. The number of hydrogen-bond donors (Lipinski definition) is 3. The maximum Gasteiger partial charge on any atom is 0.178 e. The van der Waals surface area contributed by atoms with Crippen LogP contribution < -0.4 is 0 Å². The second-order valence-electron chi connectivity index (χ2n) is 13.7. The van der Waals surface area contributed by atoms with Crippen molar-refractivity contribution in [2.45, 2.75) is 114 Å². The zero-order valence-corrected chi connectivity index (χ0v) is 23.4. The summed E-state index contributed by atoms with van der Waals surface area (Å²) < 4.78 is 19.2. The van der Waals surface area contributed by atoms with Gasteiger partial charge in [0.2, 0.25) is 0 Å². The van der Waals surface area contributed by atoms with Crippen LogP contribution in [0.15, 0.2) is 47.7 Å². The summed E-state index contributed by atoms with van der Waals surface area (Å²) in [7, 11) is 0. The van der Waals surface area contributed by atoms with E-state index in [0.717, 1.165) is 23.9 Å². The smallest absolute Gasteiger partial charge is 0.178 e. The molecule has 38 heavy (non-hydrogen) atoms. The predicted octanol–water partition coefficient (Wildman–Crippen LogP) is 5.42. The van der Waals surface area contributed by atoms with Gasteiger partial charge < -0.3 is 29.4 Å². The predicted molar refractivity (Wildman–Crippen MR) is 146 cm³/mol. The van der Waals surface area contributed by atoms with Crippen molar-refractivity contribution in [1.82, 2.24) is 4.98 Å². The fraction of sp³-hybridized carbons (Fsp3) is 0.625. The lowest BCUT2D eigenvalue weighted by Crippen LogP contribution is -2.77. The summed E-state index contributed by atoms with van der Waals surface area (Å²) in [6, 6.07) is 8.51. The van der Waals surface area contributed by atoms with E-state index in [-0.39, 0.29) is 17.9 Å². The monoisotopic (exact) mass is 519 g/mol. The summed E-state index contributed by atoms with van der Waals surface area (Å²) in [6.45, 7) is 12.6. The van der Waals surface area contributed by atoms with Gasteiger partial charge in [-0.25, -0.2) is 0 Å². The molecule has 3 fully saturated rings. The molecule has 1 aromatic heterocycles. The molecule has 2 aliphatic heterocycles. The normalized spacial score (nSPS) is 44.6.